The van der Waals surface area contributed by atoms with E-state index in [-0.39, 0.29) is 0 Å². The lowest BCUT2D eigenvalue weighted by atomic mass is 9.52. The van der Waals surface area contributed by atoms with Gasteiger partial charge in [0, 0.05) is 6.42 Å². The standard InChI is InChI=1S/C13H22O/c1-9(2)12-8-11(13(12,4)5)7-6-10(3)14/h11-12H,1,6-8H2,2-5H3. The first kappa shape index (κ1) is 11.5. The summed E-state index contributed by atoms with van der Waals surface area (Å²) in [6.45, 7) is 12.4. The van der Waals surface area contributed by atoms with Crippen LogP contribution in [0.5, 0.6) is 0 Å². The molecule has 80 valence electrons. The van der Waals surface area contributed by atoms with Crippen LogP contribution in [0, 0.1) is 17.3 Å². The van der Waals surface area contributed by atoms with Gasteiger partial charge in [0.25, 0.3) is 0 Å². The zero-order valence-electron chi connectivity index (χ0n) is 9.89. The summed E-state index contributed by atoms with van der Waals surface area (Å²) in [6, 6.07) is 0. The van der Waals surface area contributed by atoms with Gasteiger partial charge in [-0.3, -0.25) is 0 Å². The van der Waals surface area contributed by atoms with E-state index in [2.05, 4.69) is 27.4 Å². The van der Waals surface area contributed by atoms with E-state index in [0.717, 1.165) is 12.8 Å². The molecule has 2 unspecified atom stereocenters. The second kappa shape index (κ2) is 3.88. The Morgan fingerprint density at radius 1 is 1.43 bits per heavy atom. The third kappa shape index (κ3) is 2.08. The Labute approximate surface area is 87.6 Å². The first-order chi connectivity index (χ1) is 6.35. The number of Topliss-reactive ketones (excluding diaryl/α,β-unsaturated/α-hetero) is 1. The highest BCUT2D eigenvalue weighted by molar-refractivity contribution is 5.75. The molecule has 2 atom stereocenters. The Morgan fingerprint density at radius 2 is 2.00 bits per heavy atom. The van der Waals surface area contributed by atoms with E-state index in [1.165, 1.54) is 12.0 Å². The Balaban J connectivity index is 2.46. The predicted octanol–water partition coefficient (Wildman–Crippen LogP) is 3.59. The van der Waals surface area contributed by atoms with Crippen LogP contribution in [-0.2, 0) is 4.79 Å². The van der Waals surface area contributed by atoms with E-state index < -0.39 is 0 Å². The highest BCUT2D eigenvalue weighted by Crippen LogP contribution is 2.55. The second-order valence-corrected chi connectivity index (χ2v) is 5.39. The molecular weight excluding hydrogens is 172 g/mol. The largest absolute Gasteiger partial charge is 0.300 e. The molecule has 0 aromatic heterocycles. The maximum Gasteiger partial charge on any atom is 0.129 e. The fraction of sp³-hybridized carbons (Fsp3) is 0.769. The maximum atomic E-state index is 10.9. The third-order valence-electron chi connectivity index (χ3n) is 3.91. The summed E-state index contributed by atoms with van der Waals surface area (Å²) in [5.41, 5.74) is 1.66. The average Bonchev–Trinajstić information content (AvgIpc) is 2.00. The van der Waals surface area contributed by atoms with Crippen LogP contribution in [-0.4, -0.2) is 5.78 Å². The Bertz CT molecular complexity index is 248. The van der Waals surface area contributed by atoms with Crippen molar-refractivity contribution in [2.45, 2.75) is 47.0 Å². The smallest absolute Gasteiger partial charge is 0.129 e. The van der Waals surface area contributed by atoms with Crippen LogP contribution < -0.4 is 0 Å². The Morgan fingerprint density at radius 3 is 2.36 bits per heavy atom. The number of ketones is 1. The summed E-state index contributed by atoms with van der Waals surface area (Å²) in [4.78, 5) is 10.9. The minimum atomic E-state index is 0.319. The SMILES string of the molecule is C=C(C)C1CC(CCC(C)=O)C1(C)C. The summed E-state index contributed by atoms with van der Waals surface area (Å²) >= 11 is 0. The van der Waals surface area contributed by atoms with Crippen molar-refractivity contribution in [2.75, 3.05) is 0 Å². The number of carbonyl (C=O) groups excluding carboxylic acids is 1. The molecule has 1 aliphatic rings. The Kier molecular flexibility index (Phi) is 3.18. The molecule has 0 radical (unpaired) electrons. The van der Waals surface area contributed by atoms with Crippen molar-refractivity contribution in [3.63, 3.8) is 0 Å². The van der Waals surface area contributed by atoms with Crippen LogP contribution in [0.2, 0.25) is 0 Å². The third-order valence-corrected chi connectivity index (χ3v) is 3.91. The van der Waals surface area contributed by atoms with E-state index in [1.807, 2.05) is 0 Å². The zero-order chi connectivity index (χ0) is 10.9. The van der Waals surface area contributed by atoms with Crippen LogP contribution in [0.3, 0.4) is 0 Å². The molecule has 1 saturated carbocycles. The summed E-state index contributed by atoms with van der Waals surface area (Å²) in [6.07, 6.45) is 3.04. The molecule has 1 nitrogen and oxygen atoms in total. The van der Waals surface area contributed by atoms with Crippen LogP contribution >= 0.6 is 0 Å². The van der Waals surface area contributed by atoms with Gasteiger partial charge in [-0.05, 0) is 43.9 Å². The molecule has 0 bridgehead atoms. The highest BCUT2D eigenvalue weighted by Gasteiger charge is 2.47. The van der Waals surface area contributed by atoms with E-state index in [1.54, 1.807) is 6.92 Å². The van der Waals surface area contributed by atoms with Gasteiger partial charge in [-0.25, -0.2) is 0 Å². The summed E-state index contributed by atoms with van der Waals surface area (Å²) < 4.78 is 0. The topological polar surface area (TPSA) is 17.1 Å². The fourth-order valence-electron chi connectivity index (χ4n) is 2.72. The lowest BCUT2D eigenvalue weighted by Gasteiger charge is -2.53. The highest BCUT2D eigenvalue weighted by atomic mass is 16.1. The van der Waals surface area contributed by atoms with Crippen molar-refractivity contribution in [2.24, 2.45) is 17.3 Å². The molecule has 0 aromatic rings. The molecule has 1 rings (SSSR count). The lowest BCUT2D eigenvalue weighted by Crippen LogP contribution is -2.45. The summed E-state index contributed by atoms with van der Waals surface area (Å²) in [7, 11) is 0. The number of allylic oxidation sites excluding steroid dienone is 1. The normalized spacial score (nSPS) is 29.4. The molecule has 1 aliphatic carbocycles. The van der Waals surface area contributed by atoms with Crippen molar-refractivity contribution >= 4 is 5.78 Å². The van der Waals surface area contributed by atoms with Gasteiger partial charge in [-0.15, -0.1) is 0 Å². The van der Waals surface area contributed by atoms with Crippen LogP contribution in [0.15, 0.2) is 12.2 Å². The molecule has 1 fully saturated rings. The van der Waals surface area contributed by atoms with Crippen LogP contribution in [0.25, 0.3) is 0 Å². The molecule has 1 heteroatoms. The van der Waals surface area contributed by atoms with Gasteiger partial charge in [-0.1, -0.05) is 26.0 Å². The molecular formula is C13H22O. The molecule has 0 heterocycles. The minimum Gasteiger partial charge on any atom is -0.300 e. The van der Waals surface area contributed by atoms with E-state index in [4.69, 9.17) is 0 Å². The number of hydrogen-bond acceptors (Lipinski definition) is 1. The molecule has 0 aromatic carbocycles. The number of carbonyl (C=O) groups is 1. The first-order valence-corrected chi connectivity index (χ1v) is 5.50. The van der Waals surface area contributed by atoms with Crippen molar-refractivity contribution < 1.29 is 4.79 Å². The first-order valence-electron chi connectivity index (χ1n) is 5.50. The van der Waals surface area contributed by atoms with Gasteiger partial charge in [0.05, 0.1) is 0 Å². The van der Waals surface area contributed by atoms with Crippen molar-refractivity contribution in [3.05, 3.63) is 12.2 Å². The number of rotatable bonds is 4. The van der Waals surface area contributed by atoms with Gasteiger partial charge in [0.15, 0.2) is 0 Å². The molecule has 0 spiro atoms. The average molecular weight is 194 g/mol. The van der Waals surface area contributed by atoms with Gasteiger partial charge in [0.2, 0.25) is 0 Å². The molecule has 0 saturated heterocycles. The predicted molar refractivity (Wildman–Crippen MR) is 60.1 cm³/mol. The van der Waals surface area contributed by atoms with Gasteiger partial charge >= 0.3 is 0 Å². The lowest BCUT2D eigenvalue weighted by molar-refractivity contribution is -0.118. The summed E-state index contributed by atoms with van der Waals surface area (Å²) in [5.74, 6) is 1.70. The minimum absolute atomic E-state index is 0.319. The van der Waals surface area contributed by atoms with Gasteiger partial charge in [-0.2, -0.15) is 0 Å². The Hall–Kier alpha value is -0.590. The van der Waals surface area contributed by atoms with Gasteiger partial charge < -0.3 is 4.79 Å². The van der Waals surface area contributed by atoms with Crippen LogP contribution in [0.1, 0.15) is 47.0 Å². The molecule has 0 aliphatic heterocycles. The van der Waals surface area contributed by atoms with Crippen molar-refractivity contribution in [3.8, 4) is 0 Å². The van der Waals surface area contributed by atoms with Crippen molar-refractivity contribution in [1.29, 1.82) is 0 Å². The monoisotopic (exact) mass is 194 g/mol. The fourth-order valence-corrected chi connectivity index (χ4v) is 2.72. The zero-order valence-corrected chi connectivity index (χ0v) is 9.89. The van der Waals surface area contributed by atoms with Gasteiger partial charge in [0.1, 0.15) is 5.78 Å². The summed E-state index contributed by atoms with van der Waals surface area (Å²) in [5, 5.41) is 0. The van der Waals surface area contributed by atoms with Crippen molar-refractivity contribution in [1.82, 2.24) is 0 Å². The molecule has 0 amide bonds. The van der Waals surface area contributed by atoms with E-state index >= 15 is 0 Å². The number of hydrogen-bond donors (Lipinski definition) is 0. The molecule has 14 heavy (non-hydrogen) atoms. The van der Waals surface area contributed by atoms with E-state index in [0.29, 0.717) is 23.0 Å². The maximum absolute atomic E-state index is 10.9. The second-order valence-electron chi connectivity index (χ2n) is 5.39. The van der Waals surface area contributed by atoms with E-state index in [9.17, 15) is 4.79 Å². The van der Waals surface area contributed by atoms with Crippen LogP contribution in [0.4, 0.5) is 0 Å². The molecule has 0 N–H and O–H groups in total. The quantitative estimate of drug-likeness (QED) is 0.625.